The molecule has 0 amide bonds. The van der Waals surface area contributed by atoms with Gasteiger partial charge < -0.3 is 14.7 Å². The zero-order valence-corrected chi connectivity index (χ0v) is 41.5. The Balaban J connectivity index is 1.12. The lowest BCUT2D eigenvalue weighted by Gasteiger charge is -2.55. The van der Waals surface area contributed by atoms with Crippen molar-refractivity contribution in [2.24, 2.45) is 0 Å². The average Bonchev–Trinajstić information content (AvgIpc) is 3.70. The number of hydrogen-bond acceptors (Lipinski definition) is 3. The molecule has 0 aromatic heterocycles. The van der Waals surface area contributed by atoms with Gasteiger partial charge in [-0.05, 0) is 123 Å². The molecule has 0 spiro atoms. The predicted molar refractivity (Wildman–Crippen MR) is 287 cm³/mol. The van der Waals surface area contributed by atoms with E-state index in [0.717, 1.165) is 0 Å². The Hall–Kier alpha value is -5.78. The molecule has 2 aliphatic carbocycles. The van der Waals surface area contributed by atoms with E-state index in [2.05, 4.69) is 215 Å². The number of rotatable bonds is 3. The summed E-state index contributed by atoms with van der Waals surface area (Å²) in [5.41, 5.74) is 19.0. The summed E-state index contributed by atoms with van der Waals surface area (Å²) in [6.07, 6.45) is 9.90. The largest absolute Gasteiger partial charge is 0.335 e. The van der Waals surface area contributed by atoms with Crippen molar-refractivity contribution in [2.45, 2.75) is 127 Å². The van der Waals surface area contributed by atoms with Gasteiger partial charge in [0.1, 0.15) is 0 Å². The van der Waals surface area contributed by atoms with Crippen LogP contribution in [0.5, 0.6) is 0 Å². The maximum atomic E-state index is 2.98. The van der Waals surface area contributed by atoms with E-state index < -0.39 is 8.07 Å². The average molecular weight is 888 g/mol. The lowest BCUT2D eigenvalue weighted by Crippen LogP contribution is -2.77. The summed E-state index contributed by atoms with van der Waals surface area (Å²) in [4.78, 5) is 8.62. The molecule has 7 aromatic carbocycles. The Labute approximate surface area is 400 Å². The molecular weight excluding hydrogens is 826 g/mol. The number of anilines is 7. The number of fused-ring (bicyclic) bond motifs is 12. The molecule has 5 heterocycles. The van der Waals surface area contributed by atoms with Gasteiger partial charge in [0.2, 0.25) is 0 Å². The van der Waals surface area contributed by atoms with E-state index in [1.807, 2.05) is 0 Å². The Morgan fingerprint density at radius 2 is 1.00 bits per heavy atom. The summed E-state index contributed by atoms with van der Waals surface area (Å²) < 4.78 is 0. The van der Waals surface area contributed by atoms with Crippen molar-refractivity contribution in [3.05, 3.63) is 168 Å². The topological polar surface area (TPSA) is 9.72 Å². The van der Waals surface area contributed by atoms with Crippen LogP contribution in [-0.2, 0) is 16.2 Å². The number of para-hydroxylation sites is 3. The molecular formula is C62H62BN3Si. The zero-order valence-electron chi connectivity index (χ0n) is 40.5. The van der Waals surface area contributed by atoms with Gasteiger partial charge in [0.05, 0.1) is 16.8 Å². The summed E-state index contributed by atoms with van der Waals surface area (Å²) in [6.45, 7) is 18.1. The van der Waals surface area contributed by atoms with Crippen molar-refractivity contribution in [3.8, 4) is 0 Å². The molecule has 4 atom stereocenters. The summed E-state index contributed by atoms with van der Waals surface area (Å²) in [7, 11) is -2.80. The molecule has 2 fully saturated rings. The fourth-order valence-electron chi connectivity index (χ4n) is 16.1. The van der Waals surface area contributed by atoms with Gasteiger partial charge in [-0.2, -0.15) is 0 Å². The van der Waals surface area contributed by atoms with Crippen LogP contribution in [0.2, 0.25) is 0 Å². The zero-order chi connectivity index (χ0) is 45.5. The molecule has 14 rings (SSSR count). The summed E-state index contributed by atoms with van der Waals surface area (Å²) in [5.74, 6) is 0. The predicted octanol–water partition coefficient (Wildman–Crippen LogP) is 10.8. The van der Waals surface area contributed by atoms with Crippen LogP contribution in [0.25, 0.3) is 0 Å². The van der Waals surface area contributed by atoms with E-state index in [1.165, 1.54) is 134 Å². The number of hydrogen-bond donors (Lipinski definition) is 0. The monoisotopic (exact) mass is 887 g/mol. The van der Waals surface area contributed by atoms with E-state index in [0.29, 0.717) is 0 Å². The fraction of sp³-hybridized carbons (Fsp3) is 0.323. The number of nitrogens with zero attached hydrogens (tertiary/aromatic N) is 3. The first-order valence-electron chi connectivity index (χ1n) is 25.6. The first-order valence-corrected chi connectivity index (χ1v) is 27.6. The molecule has 3 nitrogen and oxygen atoms in total. The molecule has 5 aliphatic heterocycles. The highest BCUT2D eigenvalue weighted by Gasteiger charge is 2.65. The molecule has 0 N–H and O–H groups in total. The second-order valence-electron chi connectivity index (χ2n) is 23.4. The van der Waals surface area contributed by atoms with Gasteiger partial charge in [0, 0.05) is 45.0 Å². The Bertz CT molecular complexity index is 3160. The molecule has 7 aliphatic rings. The second-order valence-corrected chi connectivity index (χ2v) is 27.1. The first-order chi connectivity index (χ1) is 32.4. The van der Waals surface area contributed by atoms with Crippen LogP contribution in [0.3, 0.4) is 0 Å². The molecule has 0 saturated heterocycles. The van der Waals surface area contributed by atoms with E-state index in [4.69, 9.17) is 0 Å². The number of benzene rings is 7. The highest BCUT2D eigenvalue weighted by atomic mass is 28.3. The van der Waals surface area contributed by atoms with Crippen molar-refractivity contribution < 1.29 is 0 Å². The van der Waals surface area contributed by atoms with E-state index >= 15 is 0 Å². The third-order valence-corrected chi connectivity index (χ3v) is 24.4. The molecule has 0 bridgehead atoms. The van der Waals surface area contributed by atoms with Crippen molar-refractivity contribution in [1.29, 1.82) is 0 Å². The van der Waals surface area contributed by atoms with E-state index in [1.54, 1.807) is 11.1 Å². The molecule has 67 heavy (non-hydrogen) atoms. The third kappa shape index (κ3) is 4.66. The van der Waals surface area contributed by atoms with Crippen LogP contribution in [0, 0.1) is 0 Å². The van der Waals surface area contributed by atoms with Gasteiger partial charge in [-0.1, -0.05) is 188 Å². The highest BCUT2D eigenvalue weighted by molar-refractivity contribution is 7.21. The summed E-state index contributed by atoms with van der Waals surface area (Å²) >= 11 is 0. The van der Waals surface area contributed by atoms with E-state index in [9.17, 15) is 0 Å². The maximum absolute atomic E-state index is 2.98. The SMILES string of the molecule is CC(C)(C)c1ccc2c3c1C1(C)CCCCC1(C)N3c1cc(N3c4ccccc4[Si](c4ccccc4)(c4ccccc4)c4ccccc43)cc3c1B2c1cccc2c1N3C1(C)CCCCC21C. The minimum atomic E-state index is -2.80. The van der Waals surface area contributed by atoms with Gasteiger partial charge in [-0.25, -0.2) is 0 Å². The van der Waals surface area contributed by atoms with Crippen LogP contribution in [0.1, 0.15) is 117 Å². The molecule has 4 unspecified atom stereocenters. The minimum absolute atomic E-state index is 0.00579. The lowest BCUT2D eigenvalue weighted by molar-refractivity contribution is 0.193. The molecule has 2 saturated carbocycles. The van der Waals surface area contributed by atoms with Gasteiger partial charge >= 0.3 is 0 Å². The normalized spacial score (nSPS) is 26.5. The summed E-state index contributed by atoms with van der Waals surface area (Å²) in [6, 6.07) is 60.0. The van der Waals surface area contributed by atoms with Crippen LogP contribution in [-0.4, -0.2) is 25.9 Å². The smallest absolute Gasteiger partial charge is 0.252 e. The fourth-order valence-corrected chi connectivity index (χ4v) is 21.2. The summed E-state index contributed by atoms with van der Waals surface area (Å²) in [5, 5.41) is 5.75. The third-order valence-electron chi connectivity index (χ3n) is 19.5. The van der Waals surface area contributed by atoms with Gasteiger partial charge in [0.15, 0.2) is 8.07 Å². The van der Waals surface area contributed by atoms with Gasteiger partial charge in [-0.15, -0.1) is 0 Å². The molecule has 5 heteroatoms. The highest BCUT2D eigenvalue weighted by Crippen LogP contribution is 2.66. The first kappa shape index (κ1) is 40.3. The standard InChI is InChI=1S/C62H62BN3Si/c1-58(2,3)44-33-34-47-57-54(44)60(5)36-19-21-38-62(60,7)66(57)51-40-41(39-50-55(51)63(47)46-28-22-27-45-56(46)65(50)61(6)37-20-18-35-59(45,61)4)64-48-29-14-16-31-52(48)67(42-23-10-8-11-24-42,43-25-12-9-13-26-43)53-32-17-15-30-49(53)64/h8-17,22-34,39-40H,18-21,35-38H2,1-7H3. The van der Waals surface area contributed by atoms with Crippen LogP contribution < -0.4 is 51.8 Å². The van der Waals surface area contributed by atoms with Crippen molar-refractivity contribution in [3.63, 3.8) is 0 Å². The molecule has 7 aromatic rings. The van der Waals surface area contributed by atoms with Gasteiger partial charge in [-0.3, -0.25) is 0 Å². The lowest BCUT2D eigenvalue weighted by atomic mass is 9.33. The Kier molecular flexibility index (Phi) is 7.97. The van der Waals surface area contributed by atoms with Crippen LogP contribution >= 0.6 is 0 Å². The molecule has 332 valence electrons. The van der Waals surface area contributed by atoms with E-state index in [-0.39, 0.29) is 34.0 Å². The van der Waals surface area contributed by atoms with Crippen LogP contribution in [0.15, 0.2) is 152 Å². The van der Waals surface area contributed by atoms with Crippen molar-refractivity contribution in [2.75, 3.05) is 14.7 Å². The van der Waals surface area contributed by atoms with Gasteiger partial charge in [0.25, 0.3) is 6.71 Å². The minimum Gasteiger partial charge on any atom is -0.335 e. The molecule has 0 radical (unpaired) electrons. The second kappa shape index (κ2) is 13.3. The van der Waals surface area contributed by atoms with Crippen molar-refractivity contribution in [1.82, 2.24) is 0 Å². The van der Waals surface area contributed by atoms with Crippen molar-refractivity contribution >= 4 is 91.7 Å². The van der Waals surface area contributed by atoms with Crippen LogP contribution in [0.4, 0.5) is 39.8 Å². The maximum Gasteiger partial charge on any atom is 0.252 e. The Morgan fingerprint density at radius 1 is 0.493 bits per heavy atom. The quantitative estimate of drug-likeness (QED) is 0.164. The Morgan fingerprint density at radius 3 is 1.60 bits per heavy atom.